The molecule has 0 aliphatic rings. The molecule has 2 rings (SSSR count). The molecule has 2 aromatic rings. The lowest BCUT2D eigenvalue weighted by Gasteiger charge is -2.08. The molecule has 0 heterocycles. The van der Waals surface area contributed by atoms with Gasteiger partial charge in [-0.25, -0.2) is 8.42 Å². The summed E-state index contributed by atoms with van der Waals surface area (Å²) in [7, 11) is -3.13. The average Bonchev–Trinajstić information content (AvgIpc) is 2.40. The van der Waals surface area contributed by atoms with Gasteiger partial charge in [0.25, 0.3) is 0 Å². The lowest BCUT2D eigenvalue weighted by molar-refractivity contribution is 0.602. The van der Waals surface area contributed by atoms with Crippen LogP contribution < -0.4 is 5.32 Å². The standard InChI is InChI=1S/C15H16BrNO2S/c1-11-3-4-12(9-15(11)16)10-17-13-5-7-14(8-6-13)20(2,18)19/h3-9,17H,10H2,1-2H3. The third-order valence-electron chi connectivity index (χ3n) is 3.02. The predicted octanol–water partition coefficient (Wildman–Crippen LogP) is 3.77. The van der Waals surface area contributed by atoms with Gasteiger partial charge >= 0.3 is 0 Å². The Kier molecular flexibility index (Phi) is 4.50. The van der Waals surface area contributed by atoms with Crippen LogP contribution in [0.5, 0.6) is 0 Å². The van der Waals surface area contributed by atoms with Crippen LogP contribution in [0.15, 0.2) is 51.8 Å². The first-order valence-electron chi connectivity index (χ1n) is 6.15. The molecule has 0 unspecified atom stereocenters. The SMILES string of the molecule is Cc1ccc(CNc2ccc(S(C)(=O)=O)cc2)cc1Br. The van der Waals surface area contributed by atoms with Crippen molar-refractivity contribution in [3.05, 3.63) is 58.1 Å². The molecule has 20 heavy (non-hydrogen) atoms. The van der Waals surface area contributed by atoms with Crippen LogP contribution in [0, 0.1) is 6.92 Å². The number of hydrogen-bond acceptors (Lipinski definition) is 3. The topological polar surface area (TPSA) is 46.2 Å². The molecule has 0 bridgehead atoms. The summed E-state index contributed by atoms with van der Waals surface area (Å²) in [5, 5.41) is 3.27. The number of aryl methyl sites for hydroxylation is 1. The van der Waals surface area contributed by atoms with Crippen LogP contribution in [0.25, 0.3) is 0 Å². The van der Waals surface area contributed by atoms with Crippen molar-refractivity contribution in [2.75, 3.05) is 11.6 Å². The van der Waals surface area contributed by atoms with Crippen LogP contribution in [-0.2, 0) is 16.4 Å². The van der Waals surface area contributed by atoms with E-state index in [1.165, 1.54) is 11.8 Å². The number of hydrogen-bond donors (Lipinski definition) is 1. The van der Waals surface area contributed by atoms with Gasteiger partial charge in [0, 0.05) is 23.0 Å². The maximum absolute atomic E-state index is 11.4. The Bertz CT molecular complexity index is 709. The molecule has 3 nitrogen and oxygen atoms in total. The summed E-state index contributed by atoms with van der Waals surface area (Å²) in [5.41, 5.74) is 3.26. The largest absolute Gasteiger partial charge is 0.381 e. The van der Waals surface area contributed by atoms with Crippen LogP contribution in [0.3, 0.4) is 0 Å². The van der Waals surface area contributed by atoms with Gasteiger partial charge in [0.05, 0.1) is 4.90 Å². The van der Waals surface area contributed by atoms with Crippen molar-refractivity contribution in [2.45, 2.75) is 18.4 Å². The van der Waals surface area contributed by atoms with E-state index in [-0.39, 0.29) is 0 Å². The molecule has 5 heteroatoms. The molecule has 1 N–H and O–H groups in total. The molecule has 2 aromatic carbocycles. The second kappa shape index (κ2) is 5.97. The highest BCUT2D eigenvalue weighted by molar-refractivity contribution is 9.10. The molecule has 0 aromatic heterocycles. The van der Waals surface area contributed by atoms with Gasteiger partial charge in [0.1, 0.15) is 0 Å². The second-order valence-corrected chi connectivity index (χ2v) is 7.60. The van der Waals surface area contributed by atoms with Crippen molar-refractivity contribution in [3.8, 4) is 0 Å². The van der Waals surface area contributed by atoms with E-state index in [2.05, 4.69) is 39.4 Å². The minimum Gasteiger partial charge on any atom is -0.381 e. The Labute approximate surface area is 128 Å². The van der Waals surface area contributed by atoms with E-state index in [0.717, 1.165) is 15.7 Å². The Balaban J connectivity index is 2.06. The molecular weight excluding hydrogens is 338 g/mol. The number of rotatable bonds is 4. The monoisotopic (exact) mass is 353 g/mol. The molecule has 0 spiro atoms. The molecular formula is C15H16BrNO2S. The molecule has 0 aliphatic carbocycles. The molecule has 0 fully saturated rings. The number of sulfone groups is 1. The third-order valence-corrected chi connectivity index (χ3v) is 5.00. The molecule has 0 amide bonds. The maximum atomic E-state index is 11.4. The minimum atomic E-state index is -3.13. The lowest BCUT2D eigenvalue weighted by atomic mass is 10.1. The van der Waals surface area contributed by atoms with Gasteiger partial charge in [-0.1, -0.05) is 28.1 Å². The van der Waals surface area contributed by atoms with E-state index >= 15 is 0 Å². The van der Waals surface area contributed by atoms with Gasteiger partial charge in [0.2, 0.25) is 0 Å². The summed E-state index contributed by atoms with van der Waals surface area (Å²) in [6.45, 7) is 2.74. The van der Waals surface area contributed by atoms with E-state index < -0.39 is 9.84 Å². The average molecular weight is 354 g/mol. The van der Waals surface area contributed by atoms with Gasteiger partial charge in [-0.05, 0) is 48.4 Å². The summed E-state index contributed by atoms with van der Waals surface area (Å²) < 4.78 is 23.8. The summed E-state index contributed by atoms with van der Waals surface area (Å²) in [6.07, 6.45) is 1.21. The first-order valence-corrected chi connectivity index (χ1v) is 8.84. The zero-order valence-corrected chi connectivity index (χ0v) is 13.8. The van der Waals surface area contributed by atoms with Crippen molar-refractivity contribution >= 4 is 31.5 Å². The van der Waals surface area contributed by atoms with Gasteiger partial charge < -0.3 is 5.32 Å². The van der Waals surface area contributed by atoms with Crippen molar-refractivity contribution < 1.29 is 8.42 Å². The molecule has 0 radical (unpaired) electrons. The van der Waals surface area contributed by atoms with E-state index in [9.17, 15) is 8.42 Å². The van der Waals surface area contributed by atoms with Crippen molar-refractivity contribution in [1.29, 1.82) is 0 Å². The smallest absolute Gasteiger partial charge is 0.175 e. The molecule has 0 aliphatic heterocycles. The van der Waals surface area contributed by atoms with Crippen molar-refractivity contribution in [1.82, 2.24) is 0 Å². The van der Waals surface area contributed by atoms with Gasteiger partial charge in [-0.2, -0.15) is 0 Å². The first kappa shape index (κ1) is 15.1. The lowest BCUT2D eigenvalue weighted by Crippen LogP contribution is -2.01. The van der Waals surface area contributed by atoms with Crippen LogP contribution in [-0.4, -0.2) is 14.7 Å². The van der Waals surface area contributed by atoms with Crippen LogP contribution in [0.1, 0.15) is 11.1 Å². The molecule has 106 valence electrons. The predicted molar refractivity (Wildman–Crippen MR) is 85.8 cm³/mol. The third kappa shape index (κ3) is 3.84. The summed E-state index contributed by atoms with van der Waals surface area (Å²) >= 11 is 3.51. The minimum absolute atomic E-state index is 0.334. The number of benzene rings is 2. The highest BCUT2D eigenvalue weighted by Crippen LogP contribution is 2.19. The number of halogens is 1. The Morgan fingerprint density at radius 2 is 1.75 bits per heavy atom. The van der Waals surface area contributed by atoms with Crippen LogP contribution in [0.4, 0.5) is 5.69 Å². The van der Waals surface area contributed by atoms with Crippen LogP contribution >= 0.6 is 15.9 Å². The zero-order chi connectivity index (χ0) is 14.8. The van der Waals surface area contributed by atoms with E-state index in [0.29, 0.717) is 11.4 Å². The van der Waals surface area contributed by atoms with Crippen molar-refractivity contribution in [2.24, 2.45) is 0 Å². The maximum Gasteiger partial charge on any atom is 0.175 e. The van der Waals surface area contributed by atoms with Crippen molar-refractivity contribution in [3.63, 3.8) is 0 Å². The van der Waals surface area contributed by atoms with Gasteiger partial charge in [0.15, 0.2) is 9.84 Å². The quantitative estimate of drug-likeness (QED) is 0.909. The fourth-order valence-corrected chi connectivity index (χ4v) is 2.83. The molecule has 0 saturated heterocycles. The Morgan fingerprint density at radius 1 is 1.10 bits per heavy atom. The molecule has 0 atom stereocenters. The Hall–Kier alpha value is -1.33. The fraction of sp³-hybridized carbons (Fsp3) is 0.200. The van der Waals surface area contributed by atoms with E-state index in [1.807, 2.05) is 6.92 Å². The van der Waals surface area contributed by atoms with Gasteiger partial charge in [-0.3, -0.25) is 0 Å². The first-order chi connectivity index (χ1) is 9.36. The Morgan fingerprint density at radius 3 is 2.30 bits per heavy atom. The fourth-order valence-electron chi connectivity index (χ4n) is 1.77. The summed E-state index contributed by atoms with van der Waals surface area (Å²) in [6, 6.07) is 13.0. The number of anilines is 1. The molecule has 0 saturated carbocycles. The summed E-state index contributed by atoms with van der Waals surface area (Å²) in [4.78, 5) is 0.334. The number of nitrogens with one attached hydrogen (secondary N) is 1. The van der Waals surface area contributed by atoms with Crippen LogP contribution in [0.2, 0.25) is 0 Å². The highest BCUT2D eigenvalue weighted by atomic mass is 79.9. The summed E-state index contributed by atoms with van der Waals surface area (Å²) in [5.74, 6) is 0. The highest BCUT2D eigenvalue weighted by Gasteiger charge is 2.06. The van der Waals surface area contributed by atoms with Gasteiger partial charge in [-0.15, -0.1) is 0 Å². The van der Waals surface area contributed by atoms with E-state index in [1.54, 1.807) is 24.3 Å². The van der Waals surface area contributed by atoms with E-state index in [4.69, 9.17) is 0 Å². The zero-order valence-electron chi connectivity index (χ0n) is 11.4. The normalized spacial score (nSPS) is 11.3. The second-order valence-electron chi connectivity index (χ2n) is 4.73.